The second-order valence-corrected chi connectivity index (χ2v) is 8.23. The van der Waals surface area contributed by atoms with Crippen molar-refractivity contribution in [1.29, 1.82) is 0 Å². The van der Waals surface area contributed by atoms with Gasteiger partial charge in [-0.2, -0.15) is 0 Å². The molecule has 154 valence electrons. The molecule has 3 rings (SSSR count). The molecule has 2 N–H and O–H groups in total. The lowest BCUT2D eigenvalue weighted by atomic mass is 10.1. The first-order valence-electron chi connectivity index (χ1n) is 10.1. The molecule has 0 radical (unpaired) electrons. The predicted octanol–water partition coefficient (Wildman–Crippen LogP) is 3.69. The third-order valence-corrected chi connectivity index (χ3v) is 5.88. The summed E-state index contributed by atoms with van der Waals surface area (Å²) in [6.45, 7) is 7.61. The summed E-state index contributed by atoms with van der Waals surface area (Å²) < 4.78 is 1.64. The van der Waals surface area contributed by atoms with Crippen LogP contribution >= 0.6 is 0 Å². The standard InChI is InChI=1S/C23H29N3O3/c1-13-7-6-8-17(11-13)24-22(28)19-15(3)20(26(5)16(19)4)21(27)23(29)25-18-10-9-14(2)12-18/h6-8,11,14,18H,9-10,12H2,1-5H3,(H,24,28)(H,25,29)/t14-,18-/m1/s1. The Kier molecular flexibility index (Phi) is 5.91. The highest BCUT2D eigenvalue weighted by atomic mass is 16.2. The van der Waals surface area contributed by atoms with Crippen LogP contribution in [0.3, 0.4) is 0 Å². The summed E-state index contributed by atoms with van der Waals surface area (Å²) in [6.07, 6.45) is 2.86. The van der Waals surface area contributed by atoms with Crippen LogP contribution in [0.4, 0.5) is 5.69 Å². The van der Waals surface area contributed by atoms with Gasteiger partial charge in [0.15, 0.2) is 0 Å². The lowest BCUT2D eigenvalue weighted by molar-refractivity contribution is -0.117. The molecule has 1 aromatic heterocycles. The third-order valence-electron chi connectivity index (χ3n) is 5.88. The molecule has 1 aliphatic carbocycles. The van der Waals surface area contributed by atoms with E-state index in [9.17, 15) is 14.4 Å². The number of carbonyl (C=O) groups excluding carboxylic acids is 3. The van der Waals surface area contributed by atoms with E-state index in [2.05, 4.69) is 17.6 Å². The van der Waals surface area contributed by atoms with Crippen LogP contribution in [0.1, 0.15) is 63.9 Å². The molecule has 1 fully saturated rings. The predicted molar refractivity (Wildman–Crippen MR) is 113 cm³/mol. The number of aromatic nitrogens is 1. The van der Waals surface area contributed by atoms with Crippen molar-refractivity contribution in [2.75, 3.05) is 5.32 Å². The molecule has 6 heteroatoms. The van der Waals surface area contributed by atoms with Gasteiger partial charge in [0.2, 0.25) is 0 Å². The monoisotopic (exact) mass is 395 g/mol. The van der Waals surface area contributed by atoms with Crippen molar-refractivity contribution in [3.8, 4) is 0 Å². The normalized spacial score (nSPS) is 18.5. The maximum Gasteiger partial charge on any atom is 0.294 e. The number of ketones is 1. The average molecular weight is 396 g/mol. The van der Waals surface area contributed by atoms with Crippen molar-refractivity contribution in [2.24, 2.45) is 13.0 Å². The highest BCUT2D eigenvalue weighted by Gasteiger charge is 2.31. The molecule has 1 saturated carbocycles. The van der Waals surface area contributed by atoms with Crippen molar-refractivity contribution in [3.63, 3.8) is 0 Å². The number of anilines is 1. The smallest absolute Gasteiger partial charge is 0.294 e. The average Bonchev–Trinajstić information content (AvgIpc) is 3.15. The lowest BCUT2D eigenvalue weighted by Crippen LogP contribution is -2.38. The van der Waals surface area contributed by atoms with Gasteiger partial charge in [-0.1, -0.05) is 19.1 Å². The first kappa shape index (κ1) is 20.8. The van der Waals surface area contributed by atoms with E-state index in [1.807, 2.05) is 31.2 Å². The molecule has 0 unspecified atom stereocenters. The number of benzene rings is 1. The Morgan fingerprint density at radius 3 is 2.45 bits per heavy atom. The molecule has 6 nitrogen and oxygen atoms in total. The number of nitrogens with one attached hydrogen (secondary N) is 2. The van der Waals surface area contributed by atoms with Crippen molar-refractivity contribution in [3.05, 3.63) is 52.3 Å². The van der Waals surface area contributed by atoms with Gasteiger partial charge in [-0.3, -0.25) is 14.4 Å². The van der Waals surface area contributed by atoms with Gasteiger partial charge in [0.25, 0.3) is 17.6 Å². The zero-order valence-corrected chi connectivity index (χ0v) is 17.8. The topological polar surface area (TPSA) is 80.2 Å². The summed E-state index contributed by atoms with van der Waals surface area (Å²) in [6, 6.07) is 7.58. The molecule has 2 aromatic rings. The number of aryl methyl sites for hydroxylation is 1. The van der Waals surface area contributed by atoms with E-state index in [1.54, 1.807) is 25.5 Å². The van der Waals surface area contributed by atoms with Gasteiger partial charge in [-0.15, -0.1) is 0 Å². The minimum Gasteiger partial charge on any atom is -0.346 e. The fourth-order valence-electron chi connectivity index (χ4n) is 4.25. The summed E-state index contributed by atoms with van der Waals surface area (Å²) >= 11 is 0. The molecule has 0 spiro atoms. The molecule has 2 amide bonds. The largest absolute Gasteiger partial charge is 0.346 e. The van der Waals surface area contributed by atoms with E-state index in [0.29, 0.717) is 28.4 Å². The van der Waals surface area contributed by atoms with E-state index in [4.69, 9.17) is 0 Å². The van der Waals surface area contributed by atoms with Gasteiger partial charge < -0.3 is 15.2 Å². The minimum atomic E-state index is -0.599. The number of rotatable bonds is 5. The van der Waals surface area contributed by atoms with Gasteiger partial charge in [0.1, 0.15) is 0 Å². The van der Waals surface area contributed by atoms with Crippen LogP contribution in [0.5, 0.6) is 0 Å². The Labute approximate surface area is 171 Å². The second kappa shape index (κ2) is 8.23. The van der Waals surface area contributed by atoms with Crippen LogP contribution in [-0.2, 0) is 11.8 Å². The fourth-order valence-corrected chi connectivity index (χ4v) is 4.25. The van der Waals surface area contributed by atoms with E-state index in [1.165, 1.54) is 0 Å². The van der Waals surface area contributed by atoms with Crippen molar-refractivity contribution in [2.45, 2.75) is 53.0 Å². The Morgan fingerprint density at radius 2 is 1.83 bits per heavy atom. The van der Waals surface area contributed by atoms with Crippen LogP contribution in [-0.4, -0.2) is 28.2 Å². The van der Waals surface area contributed by atoms with Gasteiger partial charge in [-0.25, -0.2) is 0 Å². The maximum atomic E-state index is 12.9. The Hall–Kier alpha value is -2.89. The van der Waals surface area contributed by atoms with Gasteiger partial charge >= 0.3 is 0 Å². The lowest BCUT2D eigenvalue weighted by Gasteiger charge is -2.12. The SMILES string of the molecule is Cc1cccc(NC(=O)c2c(C)c(C(=O)C(=O)N[C@@H]3CC[C@@H](C)C3)n(C)c2C)c1. The number of carbonyl (C=O) groups is 3. The summed E-state index contributed by atoms with van der Waals surface area (Å²) in [5, 5.41) is 5.75. The number of nitrogens with zero attached hydrogens (tertiary/aromatic N) is 1. The van der Waals surface area contributed by atoms with Gasteiger partial charge in [-0.05, 0) is 69.2 Å². The second-order valence-electron chi connectivity index (χ2n) is 8.23. The van der Waals surface area contributed by atoms with E-state index in [0.717, 1.165) is 24.8 Å². The number of amides is 2. The quantitative estimate of drug-likeness (QED) is 0.598. The van der Waals surface area contributed by atoms with Crippen molar-refractivity contribution < 1.29 is 14.4 Å². The van der Waals surface area contributed by atoms with E-state index < -0.39 is 11.7 Å². The molecule has 0 saturated heterocycles. The summed E-state index contributed by atoms with van der Waals surface area (Å²) in [5.41, 5.74) is 3.60. The van der Waals surface area contributed by atoms with Crippen molar-refractivity contribution in [1.82, 2.24) is 9.88 Å². The fraction of sp³-hybridized carbons (Fsp3) is 0.435. The Balaban J connectivity index is 1.83. The third kappa shape index (κ3) is 4.26. The van der Waals surface area contributed by atoms with Gasteiger partial charge in [0.05, 0.1) is 11.3 Å². The molecule has 29 heavy (non-hydrogen) atoms. The molecule has 1 aliphatic rings. The number of hydrogen-bond donors (Lipinski definition) is 2. The first-order valence-corrected chi connectivity index (χ1v) is 10.1. The Morgan fingerprint density at radius 1 is 1.10 bits per heavy atom. The van der Waals surface area contributed by atoms with E-state index >= 15 is 0 Å². The molecular formula is C23H29N3O3. The van der Waals surface area contributed by atoms with Crippen LogP contribution in [0.2, 0.25) is 0 Å². The van der Waals surface area contributed by atoms with Crippen molar-refractivity contribution >= 4 is 23.3 Å². The maximum absolute atomic E-state index is 12.9. The number of Topliss-reactive ketones (excluding diaryl/α,β-unsaturated/α-hetero) is 1. The molecule has 1 heterocycles. The summed E-state index contributed by atoms with van der Waals surface area (Å²) in [5.74, 6) is -0.919. The number of hydrogen-bond acceptors (Lipinski definition) is 3. The Bertz CT molecular complexity index is 974. The molecule has 0 aliphatic heterocycles. The van der Waals surface area contributed by atoms with Gasteiger partial charge in [0, 0.05) is 24.5 Å². The molecule has 0 bridgehead atoms. The zero-order chi connectivity index (χ0) is 21.3. The highest BCUT2D eigenvalue weighted by Crippen LogP contribution is 2.26. The van der Waals surface area contributed by atoms with Crippen LogP contribution in [0, 0.1) is 26.7 Å². The van der Waals surface area contributed by atoms with E-state index in [-0.39, 0.29) is 17.6 Å². The first-order chi connectivity index (χ1) is 13.7. The van der Waals surface area contributed by atoms with Crippen LogP contribution in [0.15, 0.2) is 24.3 Å². The summed E-state index contributed by atoms with van der Waals surface area (Å²) in [4.78, 5) is 38.3. The molecule has 1 aromatic carbocycles. The minimum absolute atomic E-state index is 0.0483. The van der Waals surface area contributed by atoms with Crippen LogP contribution < -0.4 is 10.6 Å². The molecule has 2 atom stereocenters. The highest BCUT2D eigenvalue weighted by molar-refractivity contribution is 6.43. The molecular weight excluding hydrogens is 366 g/mol. The zero-order valence-electron chi connectivity index (χ0n) is 17.8. The van der Waals surface area contributed by atoms with Crippen LogP contribution in [0.25, 0.3) is 0 Å². The summed E-state index contributed by atoms with van der Waals surface area (Å²) in [7, 11) is 1.71.